The topological polar surface area (TPSA) is 74.6 Å². The Bertz CT molecular complexity index is 484. The molecule has 0 saturated heterocycles. The molecular formula is C22H36O4. The van der Waals surface area contributed by atoms with Crippen LogP contribution in [0.4, 0.5) is 0 Å². The molecule has 3 aliphatic carbocycles. The van der Waals surface area contributed by atoms with Gasteiger partial charge in [-0.05, 0) is 67.6 Å². The Labute approximate surface area is 157 Å². The molecule has 4 heteroatoms. The Morgan fingerprint density at radius 3 is 2.00 bits per heavy atom. The number of hydrogen-bond donors (Lipinski definition) is 2. The van der Waals surface area contributed by atoms with Crippen molar-refractivity contribution in [1.82, 2.24) is 0 Å². The van der Waals surface area contributed by atoms with Crippen molar-refractivity contribution in [2.45, 2.75) is 78.1 Å². The molecule has 0 spiro atoms. The van der Waals surface area contributed by atoms with Crippen molar-refractivity contribution in [1.29, 1.82) is 0 Å². The van der Waals surface area contributed by atoms with E-state index in [0.29, 0.717) is 23.7 Å². The maximum atomic E-state index is 12.2. The summed E-state index contributed by atoms with van der Waals surface area (Å²) in [6.45, 7) is 4.39. The molecule has 0 radical (unpaired) electrons. The minimum Gasteiger partial charge on any atom is -0.481 e. The van der Waals surface area contributed by atoms with Gasteiger partial charge in [0.05, 0.1) is 11.8 Å². The summed E-state index contributed by atoms with van der Waals surface area (Å²) in [6.07, 6.45) is 10.3. The SMILES string of the molecule is CCC1CCC(C(=O)O)C(C2C(C(=O)O)CCC3CCCCC32)C1CC. The normalized spacial score (nSPS) is 43.5. The zero-order valence-corrected chi connectivity index (χ0v) is 16.4. The molecule has 0 heterocycles. The number of fused-ring (bicyclic) bond motifs is 1. The number of hydrogen-bond acceptors (Lipinski definition) is 2. The van der Waals surface area contributed by atoms with Crippen LogP contribution in [0.2, 0.25) is 0 Å². The van der Waals surface area contributed by atoms with Crippen LogP contribution in [0.15, 0.2) is 0 Å². The maximum absolute atomic E-state index is 12.2. The van der Waals surface area contributed by atoms with Gasteiger partial charge in [-0.2, -0.15) is 0 Å². The molecule has 0 amide bonds. The molecule has 26 heavy (non-hydrogen) atoms. The molecule has 3 aliphatic rings. The van der Waals surface area contributed by atoms with Crippen LogP contribution in [0.1, 0.15) is 78.1 Å². The molecule has 0 aromatic carbocycles. The second-order valence-corrected chi connectivity index (χ2v) is 9.15. The van der Waals surface area contributed by atoms with Crippen molar-refractivity contribution >= 4 is 11.9 Å². The summed E-state index contributed by atoms with van der Waals surface area (Å²) >= 11 is 0. The molecule has 8 atom stereocenters. The highest BCUT2D eigenvalue weighted by Crippen LogP contribution is 2.56. The third kappa shape index (κ3) is 3.53. The number of carboxylic acid groups (broad SMARTS) is 2. The van der Waals surface area contributed by atoms with Gasteiger partial charge in [0.15, 0.2) is 0 Å². The third-order valence-electron chi connectivity index (χ3n) is 8.26. The van der Waals surface area contributed by atoms with E-state index in [1.54, 1.807) is 0 Å². The third-order valence-corrected chi connectivity index (χ3v) is 8.26. The standard InChI is InChI=1S/C22H36O4/c1-3-13-9-11-17(21(23)24)19(15(13)4-2)20-16-8-6-5-7-14(16)10-12-18(20)22(25)26/h13-20H,3-12H2,1-2H3,(H,23,24)(H,25,26). The summed E-state index contributed by atoms with van der Waals surface area (Å²) in [7, 11) is 0. The molecule has 3 fully saturated rings. The molecule has 3 saturated carbocycles. The molecule has 0 bridgehead atoms. The van der Waals surface area contributed by atoms with Crippen molar-refractivity contribution in [2.75, 3.05) is 0 Å². The van der Waals surface area contributed by atoms with Gasteiger partial charge in [-0.15, -0.1) is 0 Å². The van der Waals surface area contributed by atoms with E-state index in [0.717, 1.165) is 44.9 Å². The first-order valence-corrected chi connectivity index (χ1v) is 10.9. The predicted octanol–water partition coefficient (Wildman–Crippen LogP) is 5.07. The highest BCUT2D eigenvalue weighted by Gasteiger charge is 2.53. The van der Waals surface area contributed by atoms with Crippen molar-refractivity contribution in [3.63, 3.8) is 0 Å². The largest absolute Gasteiger partial charge is 0.481 e. The zero-order valence-electron chi connectivity index (χ0n) is 16.4. The van der Waals surface area contributed by atoms with Crippen molar-refractivity contribution in [3.8, 4) is 0 Å². The Balaban J connectivity index is 2.01. The molecule has 148 valence electrons. The van der Waals surface area contributed by atoms with Crippen LogP contribution in [-0.4, -0.2) is 22.2 Å². The highest BCUT2D eigenvalue weighted by atomic mass is 16.4. The Kier molecular flexibility index (Phi) is 6.29. The first-order valence-electron chi connectivity index (χ1n) is 10.9. The average Bonchev–Trinajstić information content (AvgIpc) is 2.65. The molecule has 2 N–H and O–H groups in total. The van der Waals surface area contributed by atoms with E-state index in [9.17, 15) is 19.8 Å². The van der Waals surface area contributed by atoms with Crippen molar-refractivity contribution < 1.29 is 19.8 Å². The van der Waals surface area contributed by atoms with Gasteiger partial charge < -0.3 is 10.2 Å². The molecule has 4 nitrogen and oxygen atoms in total. The minimum absolute atomic E-state index is 0.0446. The molecular weight excluding hydrogens is 328 g/mol. The van der Waals surface area contributed by atoms with Gasteiger partial charge in [0, 0.05) is 0 Å². The van der Waals surface area contributed by atoms with Crippen LogP contribution in [0.3, 0.4) is 0 Å². The van der Waals surface area contributed by atoms with E-state index >= 15 is 0 Å². The number of rotatable bonds is 5. The van der Waals surface area contributed by atoms with E-state index in [1.165, 1.54) is 19.3 Å². The van der Waals surface area contributed by atoms with Gasteiger partial charge in [-0.25, -0.2) is 0 Å². The number of aliphatic carboxylic acids is 2. The van der Waals surface area contributed by atoms with Crippen LogP contribution in [0, 0.1) is 47.3 Å². The first-order chi connectivity index (χ1) is 12.5. The van der Waals surface area contributed by atoms with Gasteiger partial charge in [-0.3, -0.25) is 9.59 Å². The van der Waals surface area contributed by atoms with E-state index in [2.05, 4.69) is 13.8 Å². The van der Waals surface area contributed by atoms with E-state index < -0.39 is 11.9 Å². The molecule has 0 aromatic heterocycles. The van der Waals surface area contributed by atoms with Crippen LogP contribution in [-0.2, 0) is 9.59 Å². The lowest BCUT2D eigenvalue weighted by Crippen LogP contribution is -2.51. The fourth-order valence-electron chi connectivity index (χ4n) is 7.19. The molecule has 8 unspecified atom stereocenters. The van der Waals surface area contributed by atoms with Crippen LogP contribution >= 0.6 is 0 Å². The van der Waals surface area contributed by atoms with E-state index in [1.807, 2.05) is 0 Å². The summed E-state index contributed by atoms with van der Waals surface area (Å²) in [4.78, 5) is 24.3. The number of carbonyl (C=O) groups is 2. The summed E-state index contributed by atoms with van der Waals surface area (Å²) in [5.41, 5.74) is 0. The van der Waals surface area contributed by atoms with Gasteiger partial charge in [0.25, 0.3) is 0 Å². The summed E-state index contributed by atoms with van der Waals surface area (Å²) in [5.74, 6) is 0.00722. The van der Waals surface area contributed by atoms with Gasteiger partial charge in [0.2, 0.25) is 0 Å². The van der Waals surface area contributed by atoms with Gasteiger partial charge in [-0.1, -0.05) is 46.0 Å². The second kappa shape index (κ2) is 8.31. The first kappa shape index (κ1) is 19.7. The quantitative estimate of drug-likeness (QED) is 0.714. The second-order valence-electron chi connectivity index (χ2n) is 9.15. The van der Waals surface area contributed by atoms with Gasteiger partial charge >= 0.3 is 11.9 Å². The molecule has 0 aromatic rings. The Morgan fingerprint density at radius 2 is 1.38 bits per heavy atom. The van der Waals surface area contributed by atoms with E-state index in [-0.39, 0.29) is 23.7 Å². The fourth-order valence-corrected chi connectivity index (χ4v) is 7.19. The lowest BCUT2D eigenvalue weighted by atomic mass is 9.50. The van der Waals surface area contributed by atoms with Crippen LogP contribution in [0.5, 0.6) is 0 Å². The zero-order chi connectivity index (χ0) is 18.8. The minimum atomic E-state index is -0.690. The summed E-state index contributed by atoms with van der Waals surface area (Å²) in [5, 5.41) is 20.0. The fraction of sp³-hybridized carbons (Fsp3) is 0.909. The highest BCUT2D eigenvalue weighted by molar-refractivity contribution is 5.72. The van der Waals surface area contributed by atoms with Crippen molar-refractivity contribution in [2.24, 2.45) is 47.3 Å². The van der Waals surface area contributed by atoms with Gasteiger partial charge in [0.1, 0.15) is 0 Å². The monoisotopic (exact) mass is 364 g/mol. The average molecular weight is 365 g/mol. The summed E-state index contributed by atoms with van der Waals surface area (Å²) in [6, 6.07) is 0. The van der Waals surface area contributed by atoms with Crippen LogP contribution in [0.25, 0.3) is 0 Å². The predicted molar refractivity (Wildman–Crippen MR) is 101 cm³/mol. The Hall–Kier alpha value is -1.06. The number of carboxylic acids is 2. The van der Waals surface area contributed by atoms with Crippen LogP contribution < -0.4 is 0 Å². The summed E-state index contributed by atoms with van der Waals surface area (Å²) < 4.78 is 0. The van der Waals surface area contributed by atoms with E-state index in [4.69, 9.17) is 0 Å². The van der Waals surface area contributed by atoms with Crippen molar-refractivity contribution in [3.05, 3.63) is 0 Å². The molecule has 0 aliphatic heterocycles. The molecule has 3 rings (SSSR count). The lowest BCUT2D eigenvalue weighted by Gasteiger charge is -2.53. The lowest BCUT2D eigenvalue weighted by molar-refractivity contribution is -0.162. The maximum Gasteiger partial charge on any atom is 0.306 e. The Morgan fingerprint density at radius 1 is 0.769 bits per heavy atom. The smallest absolute Gasteiger partial charge is 0.306 e.